The van der Waals surface area contributed by atoms with Gasteiger partial charge < -0.3 is 11.1 Å². The number of carbonyl (C=O) groups is 1. The van der Waals surface area contributed by atoms with Gasteiger partial charge in [-0.05, 0) is 37.4 Å². The lowest BCUT2D eigenvalue weighted by atomic mass is 10.0. The summed E-state index contributed by atoms with van der Waals surface area (Å²) in [7, 11) is 0. The van der Waals surface area contributed by atoms with Crippen LogP contribution in [0.5, 0.6) is 0 Å². The molecule has 1 fully saturated rings. The molecule has 1 aromatic carbocycles. The van der Waals surface area contributed by atoms with E-state index >= 15 is 0 Å². The first-order valence-electron chi connectivity index (χ1n) is 6.54. The zero-order valence-corrected chi connectivity index (χ0v) is 11.4. The second kappa shape index (κ2) is 6.35. The van der Waals surface area contributed by atoms with Crippen molar-refractivity contribution in [2.45, 2.75) is 31.7 Å². The maximum atomic E-state index is 13.6. The van der Waals surface area contributed by atoms with Crippen LogP contribution < -0.4 is 11.1 Å². The fraction of sp³-hybridized carbons (Fsp3) is 0.500. The second-order valence-corrected chi connectivity index (χ2v) is 5.38. The molecule has 1 amide bonds. The van der Waals surface area contributed by atoms with E-state index in [0.717, 1.165) is 19.3 Å². The van der Waals surface area contributed by atoms with E-state index in [2.05, 4.69) is 5.32 Å². The SMILES string of the molecule is NCC1CCCC1NC(=O)Cc1c(F)cccc1Cl. The molecule has 5 heteroatoms. The van der Waals surface area contributed by atoms with Crippen molar-refractivity contribution in [1.82, 2.24) is 5.32 Å². The van der Waals surface area contributed by atoms with Gasteiger partial charge in [0.05, 0.1) is 6.42 Å². The number of nitrogens with two attached hydrogens (primary N) is 1. The van der Waals surface area contributed by atoms with Crippen LogP contribution in [-0.4, -0.2) is 18.5 Å². The first-order valence-corrected chi connectivity index (χ1v) is 6.92. The Morgan fingerprint density at radius 2 is 2.26 bits per heavy atom. The van der Waals surface area contributed by atoms with Crippen LogP contribution in [0, 0.1) is 11.7 Å². The number of hydrogen-bond acceptors (Lipinski definition) is 2. The highest BCUT2D eigenvalue weighted by molar-refractivity contribution is 6.31. The van der Waals surface area contributed by atoms with Gasteiger partial charge in [-0.2, -0.15) is 0 Å². The minimum Gasteiger partial charge on any atom is -0.353 e. The van der Waals surface area contributed by atoms with E-state index in [0.29, 0.717) is 12.5 Å². The largest absolute Gasteiger partial charge is 0.353 e. The normalized spacial score (nSPS) is 22.5. The van der Waals surface area contributed by atoms with Gasteiger partial charge >= 0.3 is 0 Å². The van der Waals surface area contributed by atoms with Crippen molar-refractivity contribution in [3.8, 4) is 0 Å². The fourth-order valence-corrected chi connectivity index (χ4v) is 2.86. The van der Waals surface area contributed by atoms with Crippen molar-refractivity contribution in [3.63, 3.8) is 0 Å². The Balaban J connectivity index is 1.98. The van der Waals surface area contributed by atoms with Gasteiger partial charge in [-0.1, -0.05) is 24.1 Å². The monoisotopic (exact) mass is 284 g/mol. The lowest BCUT2D eigenvalue weighted by Crippen LogP contribution is -2.40. The molecule has 2 unspecified atom stereocenters. The Hall–Kier alpha value is -1.13. The number of rotatable bonds is 4. The van der Waals surface area contributed by atoms with Gasteiger partial charge in [0.25, 0.3) is 0 Å². The molecule has 2 rings (SSSR count). The standard InChI is InChI=1S/C14H18ClFN2O/c15-11-4-2-5-12(16)10(11)7-14(19)18-13-6-1-3-9(13)8-17/h2,4-5,9,13H,1,3,6-8,17H2,(H,18,19). The molecule has 19 heavy (non-hydrogen) atoms. The second-order valence-electron chi connectivity index (χ2n) is 4.98. The smallest absolute Gasteiger partial charge is 0.224 e. The summed E-state index contributed by atoms with van der Waals surface area (Å²) < 4.78 is 13.6. The van der Waals surface area contributed by atoms with E-state index in [9.17, 15) is 9.18 Å². The predicted molar refractivity (Wildman–Crippen MR) is 73.4 cm³/mol. The number of halogens is 2. The fourth-order valence-electron chi connectivity index (χ4n) is 2.63. The zero-order valence-electron chi connectivity index (χ0n) is 10.7. The molecular formula is C14H18ClFN2O. The van der Waals surface area contributed by atoms with Crippen LogP contribution in [0.4, 0.5) is 4.39 Å². The maximum Gasteiger partial charge on any atom is 0.224 e. The van der Waals surface area contributed by atoms with Crippen LogP contribution in [0.1, 0.15) is 24.8 Å². The van der Waals surface area contributed by atoms with Crippen molar-refractivity contribution in [1.29, 1.82) is 0 Å². The third-order valence-corrected chi connectivity index (χ3v) is 4.06. The van der Waals surface area contributed by atoms with Crippen LogP contribution in [0.2, 0.25) is 5.02 Å². The minimum absolute atomic E-state index is 0.0285. The molecule has 0 heterocycles. The zero-order chi connectivity index (χ0) is 13.8. The van der Waals surface area contributed by atoms with Gasteiger partial charge in [0, 0.05) is 16.6 Å². The van der Waals surface area contributed by atoms with E-state index in [1.54, 1.807) is 6.07 Å². The molecule has 3 nitrogen and oxygen atoms in total. The summed E-state index contributed by atoms with van der Waals surface area (Å²) in [5.74, 6) is -0.304. The Kier molecular flexibility index (Phi) is 4.77. The van der Waals surface area contributed by atoms with Crippen molar-refractivity contribution >= 4 is 17.5 Å². The van der Waals surface area contributed by atoms with Crippen LogP contribution in [0.3, 0.4) is 0 Å². The topological polar surface area (TPSA) is 55.1 Å². The molecule has 0 bridgehead atoms. The molecule has 0 radical (unpaired) electrons. The van der Waals surface area contributed by atoms with Crippen LogP contribution >= 0.6 is 11.6 Å². The summed E-state index contributed by atoms with van der Waals surface area (Å²) >= 11 is 5.91. The first kappa shape index (κ1) is 14.3. The number of carbonyl (C=O) groups excluding carboxylic acids is 1. The third kappa shape index (κ3) is 3.45. The van der Waals surface area contributed by atoms with Crippen molar-refractivity contribution in [2.75, 3.05) is 6.54 Å². The van der Waals surface area contributed by atoms with Crippen LogP contribution in [0.15, 0.2) is 18.2 Å². The lowest BCUT2D eigenvalue weighted by molar-refractivity contribution is -0.121. The highest BCUT2D eigenvalue weighted by Gasteiger charge is 2.27. The highest BCUT2D eigenvalue weighted by Crippen LogP contribution is 2.25. The number of amides is 1. The predicted octanol–water partition coefficient (Wildman–Crippen LogP) is 2.27. The summed E-state index contributed by atoms with van der Waals surface area (Å²) in [4.78, 5) is 12.0. The average Bonchev–Trinajstić information content (AvgIpc) is 2.81. The minimum atomic E-state index is -0.440. The van der Waals surface area contributed by atoms with Crippen molar-refractivity contribution < 1.29 is 9.18 Å². The van der Waals surface area contributed by atoms with Gasteiger partial charge in [0.2, 0.25) is 5.91 Å². The molecule has 0 saturated heterocycles. The molecule has 1 aliphatic rings. The molecule has 1 aliphatic carbocycles. The number of nitrogens with one attached hydrogen (secondary N) is 1. The van der Waals surface area contributed by atoms with E-state index < -0.39 is 5.82 Å². The molecule has 1 saturated carbocycles. The van der Waals surface area contributed by atoms with Gasteiger partial charge in [0.15, 0.2) is 0 Å². The molecule has 2 atom stereocenters. The van der Waals surface area contributed by atoms with Gasteiger partial charge in [-0.25, -0.2) is 4.39 Å². The summed E-state index contributed by atoms with van der Waals surface area (Å²) in [6, 6.07) is 4.54. The highest BCUT2D eigenvalue weighted by atomic mass is 35.5. The molecule has 3 N–H and O–H groups in total. The maximum absolute atomic E-state index is 13.6. The van der Waals surface area contributed by atoms with Crippen molar-refractivity contribution in [2.24, 2.45) is 11.7 Å². The van der Waals surface area contributed by atoms with E-state index in [1.165, 1.54) is 12.1 Å². The van der Waals surface area contributed by atoms with Crippen molar-refractivity contribution in [3.05, 3.63) is 34.6 Å². The van der Waals surface area contributed by atoms with E-state index in [1.807, 2.05) is 0 Å². The Morgan fingerprint density at radius 3 is 2.95 bits per heavy atom. The molecule has 0 aliphatic heterocycles. The van der Waals surface area contributed by atoms with E-state index in [4.69, 9.17) is 17.3 Å². The molecular weight excluding hydrogens is 267 g/mol. The Bertz CT molecular complexity index is 447. The van der Waals surface area contributed by atoms with E-state index in [-0.39, 0.29) is 29.0 Å². The Labute approximate surface area is 117 Å². The van der Waals surface area contributed by atoms with Crippen LogP contribution in [0.25, 0.3) is 0 Å². The van der Waals surface area contributed by atoms with Gasteiger partial charge in [0.1, 0.15) is 5.82 Å². The van der Waals surface area contributed by atoms with Crippen LogP contribution in [-0.2, 0) is 11.2 Å². The Morgan fingerprint density at radius 1 is 1.47 bits per heavy atom. The molecule has 0 spiro atoms. The average molecular weight is 285 g/mol. The number of benzene rings is 1. The molecule has 1 aromatic rings. The molecule has 104 valence electrons. The quantitative estimate of drug-likeness (QED) is 0.891. The first-order chi connectivity index (χ1) is 9.11. The summed E-state index contributed by atoms with van der Waals surface area (Å²) in [5, 5.41) is 3.23. The summed E-state index contributed by atoms with van der Waals surface area (Å²) in [5.41, 5.74) is 5.92. The lowest BCUT2D eigenvalue weighted by Gasteiger charge is -2.19. The summed E-state index contributed by atoms with van der Waals surface area (Å²) in [6.45, 7) is 0.575. The van der Waals surface area contributed by atoms with Gasteiger partial charge in [-0.3, -0.25) is 4.79 Å². The molecule has 0 aromatic heterocycles. The number of hydrogen-bond donors (Lipinski definition) is 2. The summed E-state index contributed by atoms with van der Waals surface area (Å²) in [6.07, 6.45) is 3.03. The van der Waals surface area contributed by atoms with Gasteiger partial charge in [-0.15, -0.1) is 0 Å². The third-order valence-electron chi connectivity index (χ3n) is 3.71.